The highest BCUT2D eigenvalue weighted by Gasteiger charge is 2.32. The van der Waals surface area contributed by atoms with Gasteiger partial charge in [-0.05, 0) is 47.8 Å². The Morgan fingerprint density at radius 1 is 1.47 bits per heavy atom. The van der Waals surface area contributed by atoms with Crippen LogP contribution in [-0.2, 0) is 0 Å². The highest BCUT2D eigenvalue weighted by atomic mass is 79.9. The summed E-state index contributed by atoms with van der Waals surface area (Å²) >= 11 is 3.08. The van der Waals surface area contributed by atoms with Crippen LogP contribution >= 0.6 is 15.9 Å². The van der Waals surface area contributed by atoms with Crippen molar-refractivity contribution in [3.05, 3.63) is 34.1 Å². The number of benzene rings is 1. The van der Waals surface area contributed by atoms with Crippen molar-refractivity contribution in [3.8, 4) is 6.07 Å². The van der Waals surface area contributed by atoms with E-state index < -0.39 is 5.82 Å². The Kier molecular flexibility index (Phi) is 3.91. The molecule has 1 amide bonds. The average molecular weight is 325 g/mol. The molecule has 0 spiro atoms. The fraction of sp³-hybridized carbons (Fsp3) is 0.429. The van der Waals surface area contributed by atoms with E-state index in [4.69, 9.17) is 5.26 Å². The van der Waals surface area contributed by atoms with E-state index in [0.29, 0.717) is 25.9 Å². The lowest BCUT2D eigenvalue weighted by atomic mass is 9.82. The number of hydrogen-bond acceptors (Lipinski definition) is 2. The number of nitrogens with zero attached hydrogens (tertiary/aromatic N) is 2. The van der Waals surface area contributed by atoms with Crippen molar-refractivity contribution in [2.24, 2.45) is 5.41 Å². The zero-order chi connectivity index (χ0) is 14.0. The normalized spacial score (nSPS) is 17.9. The number of nitriles is 1. The maximum atomic E-state index is 13.9. The number of amides is 1. The Bertz CT molecular complexity index is 545. The summed E-state index contributed by atoms with van der Waals surface area (Å²) in [5.41, 5.74) is -0.290. The Morgan fingerprint density at radius 3 is 2.68 bits per heavy atom. The Balaban J connectivity index is 2.15. The summed E-state index contributed by atoms with van der Waals surface area (Å²) in [6.07, 6.45) is 1.26. The Morgan fingerprint density at radius 2 is 2.11 bits per heavy atom. The standard InChI is InChI=1S/C14H14BrFN2O/c1-14(9-17)5-7-18(8-6-14)13(19)10-3-2-4-11(15)12(10)16/h2-4H,5-8H2,1H3. The monoisotopic (exact) mass is 324 g/mol. The number of carbonyl (C=O) groups is 1. The van der Waals surface area contributed by atoms with Crippen molar-refractivity contribution in [1.29, 1.82) is 5.26 Å². The molecular formula is C14H14BrFN2O. The number of rotatable bonds is 1. The van der Waals surface area contributed by atoms with Gasteiger partial charge in [0, 0.05) is 13.1 Å². The SMILES string of the molecule is CC1(C#N)CCN(C(=O)c2cccc(Br)c2F)CC1. The maximum Gasteiger partial charge on any atom is 0.256 e. The van der Waals surface area contributed by atoms with E-state index in [1.807, 2.05) is 6.92 Å². The van der Waals surface area contributed by atoms with Gasteiger partial charge in [0.25, 0.3) is 5.91 Å². The number of piperidine rings is 1. The van der Waals surface area contributed by atoms with Gasteiger partial charge in [-0.1, -0.05) is 6.07 Å². The van der Waals surface area contributed by atoms with Gasteiger partial charge in [-0.25, -0.2) is 4.39 Å². The van der Waals surface area contributed by atoms with Crippen LogP contribution in [0.1, 0.15) is 30.1 Å². The first-order chi connectivity index (χ1) is 8.97. The molecule has 3 nitrogen and oxygen atoms in total. The molecule has 1 fully saturated rings. The summed E-state index contributed by atoms with van der Waals surface area (Å²) in [6.45, 7) is 2.89. The van der Waals surface area contributed by atoms with E-state index in [2.05, 4.69) is 22.0 Å². The third kappa shape index (κ3) is 2.79. The first kappa shape index (κ1) is 14.0. The van der Waals surface area contributed by atoms with Crippen molar-refractivity contribution < 1.29 is 9.18 Å². The molecule has 1 aliphatic heterocycles. The molecule has 1 aromatic carbocycles. The first-order valence-corrected chi connectivity index (χ1v) is 6.91. The lowest BCUT2D eigenvalue weighted by molar-refractivity contribution is 0.0657. The van der Waals surface area contributed by atoms with E-state index in [-0.39, 0.29) is 21.4 Å². The highest BCUT2D eigenvalue weighted by molar-refractivity contribution is 9.10. The van der Waals surface area contributed by atoms with Gasteiger partial charge in [0.2, 0.25) is 0 Å². The van der Waals surface area contributed by atoms with E-state index in [1.165, 1.54) is 6.07 Å². The van der Waals surface area contributed by atoms with Crippen LogP contribution in [0.15, 0.2) is 22.7 Å². The second-order valence-corrected chi connectivity index (χ2v) is 5.92. The van der Waals surface area contributed by atoms with Gasteiger partial charge in [-0.2, -0.15) is 5.26 Å². The van der Waals surface area contributed by atoms with Gasteiger partial charge in [-0.3, -0.25) is 4.79 Å². The number of carbonyl (C=O) groups excluding carboxylic acids is 1. The zero-order valence-electron chi connectivity index (χ0n) is 10.6. The van der Waals surface area contributed by atoms with Crippen molar-refractivity contribution in [2.75, 3.05) is 13.1 Å². The Labute approximate surface area is 120 Å². The highest BCUT2D eigenvalue weighted by Crippen LogP contribution is 2.31. The largest absolute Gasteiger partial charge is 0.338 e. The van der Waals surface area contributed by atoms with Crippen molar-refractivity contribution in [2.45, 2.75) is 19.8 Å². The summed E-state index contributed by atoms with van der Waals surface area (Å²) in [5, 5.41) is 9.05. The van der Waals surface area contributed by atoms with Crippen molar-refractivity contribution in [1.82, 2.24) is 4.90 Å². The van der Waals surface area contributed by atoms with Gasteiger partial charge in [0.05, 0.1) is 21.5 Å². The van der Waals surface area contributed by atoms with E-state index in [0.717, 1.165) is 0 Å². The molecule has 0 unspecified atom stereocenters. The molecule has 5 heteroatoms. The molecule has 0 aliphatic carbocycles. The minimum absolute atomic E-state index is 0.0786. The van der Waals surface area contributed by atoms with Crippen LogP contribution in [0.2, 0.25) is 0 Å². The predicted octanol–water partition coefficient (Wildman–Crippen LogP) is 3.35. The van der Waals surface area contributed by atoms with Gasteiger partial charge in [0.15, 0.2) is 0 Å². The van der Waals surface area contributed by atoms with Crippen LogP contribution in [-0.4, -0.2) is 23.9 Å². The fourth-order valence-corrected chi connectivity index (χ4v) is 2.52. The minimum Gasteiger partial charge on any atom is -0.338 e. The number of hydrogen-bond donors (Lipinski definition) is 0. The molecule has 0 bridgehead atoms. The lowest BCUT2D eigenvalue weighted by Gasteiger charge is -2.35. The van der Waals surface area contributed by atoms with Gasteiger partial charge in [-0.15, -0.1) is 0 Å². The van der Waals surface area contributed by atoms with Crippen LogP contribution in [0.4, 0.5) is 4.39 Å². The number of halogens is 2. The predicted molar refractivity (Wildman–Crippen MR) is 73.0 cm³/mol. The fourth-order valence-electron chi connectivity index (χ4n) is 2.15. The topological polar surface area (TPSA) is 44.1 Å². The molecule has 0 saturated carbocycles. The second kappa shape index (κ2) is 5.30. The molecule has 0 atom stereocenters. The van der Waals surface area contributed by atoms with Crippen LogP contribution in [0, 0.1) is 22.6 Å². The molecule has 100 valence electrons. The maximum absolute atomic E-state index is 13.9. The average Bonchev–Trinajstić information content (AvgIpc) is 2.42. The minimum atomic E-state index is -0.527. The molecule has 0 aromatic heterocycles. The summed E-state index contributed by atoms with van der Waals surface area (Å²) < 4.78 is 14.2. The molecule has 1 heterocycles. The molecule has 0 radical (unpaired) electrons. The quantitative estimate of drug-likeness (QED) is 0.795. The molecular weight excluding hydrogens is 311 g/mol. The smallest absolute Gasteiger partial charge is 0.256 e. The molecule has 1 aromatic rings. The van der Waals surface area contributed by atoms with Gasteiger partial charge < -0.3 is 4.90 Å². The van der Waals surface area contributed by atoms with Gasteiger partial charge in [0.1, 0.15) is 5.82 Å². The molecule has 0 N–H and O–H groups in total. The lowest BCUT2D eigenvalue weighted by Crippen LogP contribution is -2.41. The summed E-state index contributed by atoms with van der Waals surface area (Å²) in [4.78, 5) is 13.9. The van der Waals surface area contributed by atoms with Crippen molar-refractivity contribution >= 4 is 21.8 Å². The molecule has 19 heavy (non-hydrogen) atoms. The molecule has 1 aliphatic rings. The Hall–Kier alpha value is -1.41. The zero-order valence-corrected chi connectivity index (χ0v) is 12.2. The summed E-state index contributed by atoms with van der Waals surface area (Å²) in [5.74, 6) is -0.833. The number of likely N-dealkylation sites (tertiary alicyclic amines) is 1. The van der Waals surface area contributed by atoms with Crippen LogP contribution in [0.5, 0.6) is 0 Å². The van der Waals surface area contributed by atoms with Crippen LogP contribution in [0.3, 0.4) is 0 Å². The summed E-state index contributed by atoms with van der Waals surface area (Å²) in [6, 6.07) is 6.97. The third-order valence-corrected chi connectivity index (χ3v) is 4.22. The van der Waals surface area contributed by atoms with Gasteiger partial charge >= 0.3 is 0 Å². The molecule has 2 rings (SSSR count). The van der Waals surface area contributed by atoms with Crippen molar-refractivity contribution in [3.63, 3.8) is 0 Å². The van der Waals surface area contributed by atoms with E-state index in [9.17, 15) is 9.18 Å². The second-order valence-electron chi connectivity index (χ2n) is 5.07. The molecule has 1 saturated heterocycles. The van der Waals surface area contributed by atoms with E-state index >= 15 is 0 Å². The first-order valence-electron chi connectivity index (χ1n) is 6.11. The van der Waals surface area contributed by atoms with Crippen LogP contribution in [0.25, 0.3) is 0 Å². The van der Waals surface area contributed by atoms with Crippen LogP contribution < -0.4 is 0 Å². The van der Waals surface area contributed by atoms with E-state index in [1.54, 1.807) is 17.0 Å². The third-order valence-electron chi connectivity index (χ3n) is 3.61. The summed E-state index contributed by atoms with van der Waals surface area (Å²) in [7, 11) is 0.